The molecule has 0 unspecified atom stereocenters. The van der Waals surface area contributed by atoms with Crippen LogP contribution in [0.25, 0.3) is 0 Å². The van der Waals surface area contributed by atoms with Crippen molar-refractivity contribution >= 4 is 11.9 Å². The van der Waals surface area contributed by atoms with Crippen LogP contribution in [0.5, 0.6) is 0 Å². The Balaban J connectivity index is 1.55. The van der Waals surface area contributed by atoms with E-state index in [9.17, 15) is 4.79 Å². The van der Waals surface area contributed by atoms with Crippen LogP contribution in [0.1, 0.15) is 38.5 Å². The zero-order valence-corrected chi connectivity index (χ0v) is 10.0. The number of guanidine groups is 1. The summed E-state index contributed by atoms with van der Waals surface area (Å²) in [7, 11) is 0. The smallest absolute Gasteiger partial charge is 0.220 e. The molecule has 5 N–H and O–H groups in total. The minimum absolute atomic E-state index is 0.139. The van der Waals surface area contributed by atoms with Gasteiger partial charge in [0.05, 0.1) is 0 Å². The zero-order valence-electron chi connectivity index (χ0n) is 10.0. The van der Waals surface area contributed by atoms with Crippen molar-refractivity contribution in [2.24, 2.45) is 10.8 Å². The highest BCUT2D eigenvalue weighted by Gasteiger charge is 2.23. The van der Waals surface area contributed by atoms with Crippen molar-refractivity contribution in [1.82, 2.24) is 16.1 Å². The summed E-state index contributed by atoms with van der Waals surface area (Å²) in [6, 6.07) is 0.978. The monoisotopic (exact) mass is 239 g/mol. The highest BCUT2D eigenvalue weighted by molar-refractivity contribution is 5.80. The first-order chi connectivity index (χ1) is 8.28. The number of nitrogens with one attached hydrogen (secondary N) is 3. The Morgan fingerprint density at radius 3 is 2.41 bits per heavy atom. The molecule has 0 aromatic carbocycles. The van der Waals surface area contributed by atoms with Crippen LogP contribution in [0.15, 0.2) is 4.99 Å². The molecule has 1 amide bonds. The Kier molecular flexibility index (Phi) is 4.19. The van der Waals surface area contributed by atoms with Crippen molar-refractivity contribution in [3.05, 3.63) is 0 Å². The summed E-state index contributed by atoms with van der Waals surface area (Å²) < 4.78 is 0. The van der Waals surface area contributed by atoms with Crippen LogP contribution >= 0.6 is 0 Å². The number of carbonyl (C=O) groups excluding carboxylic acids is 1. The quantitative estimate of drug-likeness (QED) is 0.167. The fourth-order valence-corrected chi connectivity index (χ4v) is 1.51. The van der Waals surface area contributed by atoms with Crippen LogP contribution in [-0.4, -0.2) is 30.5 Å². The third kappa shape index (κ3) is 5.04. The predicted molar refractivity (Wildman–Crippen MR) is 66.2 cm³/mol. The molecule has 2 saturated carbocycles. The Morgan fingerprint density at radius 2 is 1.82 bits per heavy atom. The lowest BCUT2D eigenvalue weighted by molar-refractivity contribution is -0.121. The normalized spacial score (nSPS) is 19.9. The molecule has 96 valence electrons. The van der Waals surface area contributed by atoms with Gasteiger partial charge in [0.25, 0.3) is 0 Å². The van der Waals surface area contributed by atoms with Gasteiger partial charge >= 0.3 is 0 Å². The SMILES string of the molecule is NNC(=NCCCC(=O)NC1CC1)NC1CC1. The molecular weight excluding hydrogens is 218 g/mol. The molecule has 0 radical (unpaired) electrons. The number of hydrazine groups is 1. The number of rotatable bonds is 6. The van der Waals surface area contributed by atoms with E-state index >= 15 is 0 Å². The number of hydrogen-bond donors (Lipinski definition) is 4. The summed E-state index contributed by atoms with van der Waals surface area (Å²) in [6.07, 6.45) is 5.94. The number of nitrogens with zero attached hydrogens (tertiary/aromatic N) is 1. The number of hydrogen-bond acceptors (Lipinski definition) is 3. The fourth-order valence-electron chi connectivity index (χ4n) is 1.51. The molecule has 0 bridgehead atoms. The Morgan fingerprint density at radius 1 is 1.18 bits per heavy atom. The van der Waals surface area contributed by atoms with Gasteiger partial charge in [0.2, 0.25) is 11.9 Å². The average Bonchev–Trinajstić information content (AvgIpc) is 3.17. The third-order valence-electron chi connectivity index (χ3n) is 2.83. The van der Waals surface area contributed by atoms with E-state index < -0.39 is 0 Å². The van der Waals surface area contributed by atoms with Crippen LogP contribution in [0.2, 0.25) is 0 Å². The maximum absolute atomic E-state index is 11.4. The lowest BCUT2D eigenvalue weighted by Crippen LogP contribution is -2.42. The van der Waals surface area contributed by atoms with Gasteiger partial charge in [-0.1, -0.05) is 0 Å². The second-order valence-corrected chi connectivity index (χ2v) is 4.74. The minimum Gasteiger partial charge on any atom is -0.353 e. The van der Waals surface area contributed by atoms with Crippen molar-refractivity contribution in [3.8, 4) is 0 Å². The van der Waals surface area contributed by atoms with E-state index in [2.05, 4.69) is 21.1 Å². The largest absolute Gasteiger partial charge is 0.353 e. The summed E-state index contributed by atoms with van der Waals surface area (Å²) in [5.41, 5.74) is 2.54. The second kappa shape index (κ2) is 5.86. The number of nitrogens with two attached hydrogens (primary N) is 1. The van der Waals surface area contributed by atoms with Gasteiger partial charge in [-0.3, -0.25) is 15.2 Å². The molecule has 0 atom stereocenters. The van der Waals surface area contributed by atoms with Gasteiger partial charge in [0.1, 0.15) is 0 Å². The molecule has 0 aromatic rings. The van der Waals surface area contributed by atoms with E-state index in [1.165, 1.54) is 12.8 Å². The van der Waals surface area contributed by atoms with E-state index in [0.717, 1.165) is 19.3 Å². The van der Waals surface area contributed by atoms with E-state index in [-0.39, 0.29) is 5.91 Å². The van der Waals surface area contributed by atoms with Gasteiger partial charge in [-0.25, -0.2) is 5.84 Å². The third-order valence-corrected chi connectivity index (χ3v) is 2.83. The number of amides is 1. The second-order valence-electron chi connectivity index (χ2n) is 4.74. The standard InChI is InChI=1S/C11H21N5O/c12-16-11(15-9-5-6-9)13-7-1-2-10(17)14-8-3-4-8/h8-9H,1-7,12H2,(H,14,17)(H2,13,15,16). The molecule has 2 aliphatic rings. The van der Waals surface area contributed by atoms with Crippen LogP contribution < -0.4 is 21.9 Å². The fraction of sp³-hybridized carbons (Fsp3) is 0.818. The lowest BCUT2D eigenvalue weighted by Gasteiger charge is -2.07. The molecule has 0 spiro atoms. The Hall–Kier alpha value is -1.30. The Labute approximate surface area is 101 Å². The van der Waals surface area contributed by atoms with E-state index in [0.29, 0.717) is 31.0 Å². The molecule has 2 fully saturated rings. The van der Waals surface area contributed by atoms with Crippen molar-refractivity contribution in [3.63, 3.8) is 0 Å². The molecule has 0 saturated heterocycles. The summed E-state index contributed by atoms with van der Waals surface area (Å²) in [5, 5.41) is 6.14. The molecule has 2 rings (SSSR count). The average molecular weight is 239 g/mol. The van der Waals surface area contributed by atoms with Crippen LogP contribution in [0.3, 0.4) is 0 Å². The van der Waals surface area contributed by atoms with Gasteiger partial charge in [-0.2, -0.15) is 0 Å². The summed E-state index contributed by atoms with van der Waals surface area (Å²) in [4.78, 5) is 15.7. The topological polar surface area (TPSA) is 91.5 Å². The van der Waals surface area contributed by atoms with Gasteiger partial charge in [-0.15, -0.1) is 0 Å². The predicted octanol–water partition coefficient (Wildman–Crippen LogP) is -0.383. The molecule has 0 aromatic heterocycles. The van der Waals surface area contributed by atoms with Crippen LogP contribution in [0.4, 0.5) is 0 Å². The van der Waals surface area contributed by atoms with Crippen molar-refractivity contribution in [2.75, 3.05) is 6.54 Å². The first-order valence-corrected chi connectivity index (χ1v) is 6.35. The summed E-state index contributed by atoms with van der Waals surface area (Å²) in [6.45, 7) is 0.622. The maximum Gasteiger partial charge on any atom is 0.220 e. The highest BCUT2D eigenvalue weighted by Crippen LogP contribution is 2.19. The molecule has 2 aliphatic carbocycles. The van der Waals surface area contributed by atoms with Gasteiger partial charge in [0.15, 0.2) is 0 Å². The minimum atomic E-state index is 0.139. The summed E-state index contributed by atoms with van der Waals surface area (Å²) >= 11 is 0. The van der Waals surface area contributed by atoms with E-state index in [4.69, 9.17) is 5.84 Å². The number of carbonyl (C=O) groups is 1. The highest BCUT2D eigenvalue weighted by atomic mass is 16.1. The molecule has 0 heterocycles. The van der Waals surface area contributed by atoms with E-state index in [1.807, 2.05) is 0 Å². The molecule has 17 heavy (non-hydrogen) atoms. The van der Waals surface area contributed by atoms with Crippen LogP contribution in [-0.2, 0) is 4.79 Å². The van der Waals surface area contributed by atoms with E-state index in [1.54, 1.807) is 0 Å². The summed E-state index contributed by atoms with van der Waals surface area (Å²) in [5.74, 6) is 6.12. The zero-order chi connectivity index (χ0) is 12.1. The van der Waals surface area contributed by atoms with Crippen molar-refractivity contribution < 1.29 is 4.79 Å². The van der Waals surface area contributed by atoms with Crippen LogP contribution in [0, 0.1) is 0 Å². The number of aliphatic imine (C=N–C) groups is 1. The first kappa shape index (κ1) is 12.2. The van der Waals surface area contributed by atoms with Gasteiger partial charge < -0.3 is 10.6 Å². The molecular formula is C11H21N5O. The Bertz CT molecular complexity index is 296. The molecule has 0 aliphatic heterocycles. The molecule has 6 nitrogen and oxygen atoms in total. The van der Waals surface area contributed by atoms with Crippen molar-refractivity contribution in [1.29, 1.82) is 0 Å². The maximum atomic E-state index is 11.4. The first-order valence-electron chi connectivity index (χ1n) is 6.35. The van der Waals surface area contributed by atoms with Gasteiger partial charge in [0, 0.05) is 25.0 Å². The lowest BCUT2D eigenvalue weighted by atomic mass is 10.3. The molecule has 6 heteroatoms. The van der Waals surface area contributed by atoms with Crippen molar-refractivity contribution in [2.45, 2.75) is 50.6 Å². The van der Waals surface area contributed by atoms with Gasteiger partial charge in [-0.05, 0) is 32.1 Å².